The third-order valence-electron chi connectivity index (χ3n) is 4.28. The summed E-state index contributed by atoms with van der Waals surface area (Å²) in [7, 11) is 0. The van der Waals surface area contributed by atoms with Gasteiger partial charge in [-0.05, 0) is 49.4 Å². The van der Waals surface area contributed by atoms with Gasteiger partial charge in [-0.1, -0.05) is 18.5 Å². The molecule has 1 unspecified atom stereocenters. The fraction of sp³-hybridized carbons (Fsp3) is 0.389. The predicted octanol–water partition coefficient (Wildman–Crippen LogP) is 4.05. The summed E-state index contributed by atoms with van der Waals surface area (Å²) in [4.78, 5) is 22.9. The fourth-order valence-electron chi connectivity index (χ4n) is 2.95. The van der Waals surface area contributed by atoms with E-state index in [9.17, 15) is 4.79 Å². The second-order valence-corrected chi connectivity index (χ2v) is 6.81. The van der Waals surface area contributed by atoms with Crippen molar-refractivity contribution in [3.8, 4) is 0 Å². The van der Waals surface area contributed by atoms with Crippen LogP contribution in [0, 0.1) is 12.8 Å². The predicted molar refractivity (Wildman–Crippen MR) is 95.8 cm³/mol. The van der Waals surface area contributed by atoms with Crippen molar-refractivity contribution in [2.45, 2.75) is 26.7 Å². The van der Waals surface area contributed by atoms with Gasteiger partial charge in [-0.2, -0.15) is 0 Å². The van der Waals surface area contributed by atoms with Crippen LogP contribution in [0.4, 0.5) is 11.6 Å². The number of nitrogens with zero attached hydrogens (tertiary/aromatic N) is 3. The minimum Gasteiger partial charge on any atom is -0.338 e. The maximum absolute atomic E-state index is 12.5. The summed E-state index contributed by atoms with van der Waals surface area (Å²) in [5, 5.41) is 3.84. The summed E-state index contributed by atoms with van der Waals surface area (Å²) in [6.45, 7) is 5.76. The number of piperidine rings is 1. The van der Waals surface area contributed by atoms with Crippen molar-refractivity contribution in [2.24, 2.45) is 5.92 Å². The Morgan fingerprint density at radius 2 is 2.08 bits per heavy atom. The monoisotopic (exact) mass is 344 g/mol. The molecule has 1 N–H and O–H groups in total. The molecule has 1 aromatic carbocycles. The number of amides is 1. The first-order valence-corrected chi connectivity index (χ1v) is 8.55. The lowest BCUT2D eigenvalue weighted by molar-refractivity contribution is 0.0682. The molecule has 126 valence electrons. The van der Waals surface area contributed by atoms with Crippen LogP contribution in [0.5, 0.6) is 0 Å². The van der Waals surface area contributed by atoms with E-state index in [0.717, 1.165) is 30.8 Å². The number of rotatable bonds is 3. The van der Waals surface area contributed by atoms with E-state index < -0.39 is 0 Å². The number of carbonyl (C=O) groups is 1. The lowest BCUT2D eigenvalue weighted by atomic mass is 10.00. The van der Waals surface area contributed by atoms with Gasteiger partial charge in [0.25, 0.3) is 5.91 Å². The molecule has 0 bridgehead atoms. The number of aromatic nitrogens is 2. The van der Waals surface area contributed by atoms with Gasteiger partial charge in [-0.25, -0.2) is 9.97 Å². The molecule has 2 aromatic rings. The molecule has 1 fully saturated rings. The van der Waals surface area contributed by atoms with Crippen molar-refractivity contribution < 1.29 is 4.79 Å². The highest BCUT2D eigenvalue weighted by Gasteiger charge is 2.22. The lowest BCUT2D eigenvalue weighted by Crippen LogP contribution is -2.39. The van der Waals surface area contributed by atoms with E-state index in [0.29, 0.717) is 22.5 Å². The van der Waals surface area contributed by atoms with E-state index >= 15 is 0 Å². The maximum atomic E-state index is 12.5. The molecular formula is C18H21ClN4O. The average molecular weight is 345 g/mol. The molecule has 0 aliphatic carbocycles. The molecule has 6 heteroatoms. The van der Waals surface area contributed by atoms with Gasteiger partial charge in [0.05, 0.1) is 5.56 Å². The molecule has 1 amide bonds. The minimum atomic E-state index is 0.00998. The van der Waals surface area contributed by atoms with Crippen LogP contribution in [0.15, 0.2) is 30.6 Å². The largest absolute Gasteiger partial charge is 0.338 e. The minimum absolute atomic E-state index is 0.00998. The highest BCUT2D eigenvalue weighted by molar-refractivity contribution is 6.30. The third-order valence-corrected chi connectivity index (χ3v) is 4.51. The van der Waals surface area contributed by atoms with Crippen molar-refractivity contribution in [1.82, 2.24) is 14.9 Å². The molecule has 1 atom stereocenters. The van der Waals surface area contributed by atoms with E-state index in [2.05, 4.69) is 22.2 Å². The highest BCUT2D eigenvalue weighted by atomic mass is 35.5. The van der Waals surface area contributed by atoms with Gasteiger partial charge in [0.15, 0.2) is 0 Å². The summed E-state index contributed by atoms with van der Waals surface area (Å²) < 4.78 is 0. The Bertz CT molecular complexity index is 732. The summed E-state index contributed by atoms with van der Waals surface area (Å²) in [6, 6.07) is 5.57. The zero-order valence-electron chi connectivity index (χ0n) is 13.9. The second-order valence-electron chi connectivity index (χ2n) is 6.38. The number of hydrogen-bond donors (Lipinski definition) is 1. The number of nitrogens with one attached hydrogen (secondary N) is 1. The number of benzene rings is 1. The summed E-state index contributed by atoms with van der Waals surface area (Å²) in [5.74, 6) is 1.03. The molecule has 2 heterocycles. The molecule has 0 saturated carbocycles. The summed E-state index contributed by atoms with van der Waals surface area (Å²) in [5.41, 5.74) is 2.43. The van der Waals surface area contributed by atoms with E-state index in [1.807, 2.05) is 30.0 Å². The Morgan fingerprint density at radius 3 is 2.75 bits per heavy atom. The van der Waals surface area contributed by atoms with Crippen LogP contribution in [0.3, 0.4) is 0 Å². The molecule has 5 nitrogen and oxygen atoms in total. The van der Waals surface area contributed by atoms with Crippen LogP contribution in [0.25, 0.3) is 0 Å². The number of aryl methyl sites for hydroxylation is 1. The van der Waals surface area contributed by atoms with Gasteiger partial charge >= 0.3 is 0 Å². The SMILES string of the molecule is Cc1cc(Cl)ccc1Nc1ncc(C(=O)N2CCCC(C)C2)cn1. The lowest BCUT2D eigenvalue weighted by Gasteiger charge is -2.30. The van der Waals surface area contributed by atoms with Crippen molar-refractivity contribution in [3.05, 3.63) is 46.7 Å². The molecule has 0 radical (unpaired) electrons. The van der Waals surface area contributed by atoms with E-state index in [1.165, 1.54) is 6.42 Å². The molecule has 3 rings (SSSR count). The number of hydrogen-bond acceptors (Lipinski definition) is 4. The maximum Gasteiger partial charge on any atom is 0.257 e. The topological polar surface area (TPSA) is 58.1 Å². The van der Waals surface area contributed by atoms with Crippen LogP contribution < -0.4 is 5.32 Å². The van der Waals surface area contributed by atoms with Crippen molar-refractivity contribution in [1.29, 1.82) is 0 Å². The van der Waals surface area contributed by atoms with Crippen molar-refractivity contribution >= 4 is 29.1 Å². The van der Waals surface area contributed by atoms with Gasteiger partial charge in [0, 0.05) is 36.2 Å². The zero-order valence-corrected chi connectivity index (χ0v) is 14.7. The van der Waals surface area contributed by atoms with E-state index in [-0.39, 0.29) is 5.91 Å². The summed E-state index contributed by atoms with van der Waals surface area (Å²) >= 11 is 5.96. The molecule has 0 spiro atoms. The highest BCUT2D eigenvalue weighted by Crippen LogP contribution is 2.22. The molecule has 1 aliphatic heterocycles. The quantitative estimate of drug-likeness (QED) is 0.912. The Labute approximate surface area is 147 Å². The van der Waals surface area contributed by atoms with Gasteiger partial charge in [-0.15, -0.1) is 0 Å². The fourth-order valence-corrected chi connectivity index (χ4v) is 3.17. The smallest absolute Gasteiger partial charge is 0.257 e. The first-order valence-electron chi connectivity index (χ1n) is 8.17. The molecule has 1 aromatic heterocycles. The number of likely N-dealkylation sites (tertiary alicyclic amines) is 1. The number of anilines is 2. The average Bonchev–Trinajstić information content (AvgIpc) is 2.57. The van der Waals surface area contributed by atoms with Crippen LogP contribution in [0.1, 0.15) is 35.7 Å². The van der Waals surface area contributed by atoms with Crippen molar-refractivity contribution in [3.63, 3.8) is 0 Å². The van der Waals surface area contributed by atoms with Crippen molar-refractivity contribution in [2.75, 3.05) is 18.4 Å². The standard InChI is InChI=1S/C18H21ClN4O/c1-12-4-3-7-23(11-12)17(24)14-9-20-18(21-10-14)22-16-6-5-15(19)8-13(16)2/h5-6,8-10,12H,3-4,7,11H2,1-2H3,(H,20,21,22). The van der Waals surface area contributed by atoms with Crippen LogP contribution in [0.2, 0.25) is 5.02 Å². The van der Waals surface area contributed by atoms with Crippen LogP contribution >= 0.6 is 11.6 Å². The van der Waals surface area contributed by atoms with E-state index in [1.54, 1.807) is 12.4 Å². The zero-order chi connectivity index (χ0) is 17.1. The molecular weight excluding hydrogens is 324 g/mol. The van der Waals surface area contributed by atoms with Gasteiger partial charge < -0.3 is 10.2 Å². The van der Waals surface area contributed by atoms with Gasteiger partial charge in [0.1, 0.15) is 0 Å². The summed E-state index contributed by atoms with van der Waals surface area (Å²) in [6.07, 6.45) is 5.41. The molecule has 1 aliphatic rings. The van der Waals surface area contributed by atoms with Crippen LogP contribution in [-0.4, -0.2) is 33.9 Å². The van der Waals surface area contributed by atoms with Gasteiger partial charge in [0.2, 0.25) is 5.95 Å². The number of carbonyl (C=O) groups excluding carboxylic acids is 1. The Hall–Kier alpha value is -2.14. The first kappa shape index (κ1) is 16.7. The first-order chi connectivity index (χ1) is 11.5. The van der Waals surface area contributed by atoms with E-state index in [4.69, 9.17) is 11.6 Å². The molecule has 24 heavy (non-hydrogen) atoms. The Balaban J connectivity index is 1.69. The van der Waals surface area contributed by atoms with Crippen LogP contribution in [-0.2, 0) is 0 Å². The Kier molecular flexibility index (Phi) is 5.00. The Morgan fingerprint density at radius 1 is 1.33 bits per heavy atom. The molecule has 1 saturated heterocycles. The normalized spacial score (nSPS) is 17.6. The van der Waals surface area contributed by atoms with Gasteiger partial charge in [-0.3, -0.25) is 4.79 Å². The third kappa shape index (κ3) is 3.85. The number of halogens is 1. The second kappa shape index (κ2) is 7.18.